The van der Waals surface area contributed by atoms with Crippen LogP contribution in [0.4, 0.5) is 0 Å². The summed E-state index contributed by atoms with van der Waals surface area (Å²) in [5.74, 6) is 0. The van der Waals surface area contributed by atoms with Crippen LogP contribution in [0.5, 0.6) is 0 Å². The van der Waals surface area contributed by atoms with E-state index in [1.165, 1.54) is 33.4 Å². The monoisotopic (exact) mass is 257 g/mol. The molecule has 3 heteroatoms. The predicted molar refractivity (Wildman–Crippen MR) is 80.5 cm³/mol. The van der Waals surface area contributed by atoms with Crippen molar-refractivity contribution in [2.24, 2.45) is 5.73 Å². The summed E-state index contributed by atoms with van der Waals surface area (Å²) in [6.45, 7) is 11.4. The van der Waals surface area contributed by atoms with Gasteiger partial charge in [-0.15, -0.1) is 0 Å². The first-order chi connectivity index (χ1) is 8.97. The Balaban J connectivity index is 2.75. The van der Waals surface area contributed by atoms with Crippen LogP contribution >= 0.6 is 0 Å². The number of nitrogens with one attached hydrogen (secondary N) is 1. The number of benzene rings is 1. The molecule has 0 aliphatic rings. The van der Waals surface area contributed by atoms with Crippen LogP contribution in [0.15, 0.2) is 6.07 Å². The van der Waals surface area contributed by atoms with Crippen LogP contribution in [0.25, 0.3) is 11.1 Å². The molecule has 1 aromatic carbocycles. The Kier molecular flexibility index (Phi) is 3.76. The van der Waals surface area contributed by atoms with E-state index in [1.54, 1.807) is 0 Å². The molecule has 0 amide bonds. The molecule has 0 aliphatic heterocycles. The van der Waals surface area contributed by atoms with E-state index in [2.05, 4.69) is 50.9 Å². The molecule has 0 unspecified atom stereocenters. The number of rotatable bonds is 3. The average Bonchev–Trinajstić information content (AvgIpc) is 2.70. The molecule has 2 rings (SSSR count). The molecule has 0 fully saturated rings. The summed E-state index contributed by atoms with van der Waals surface area (Å²) in [4.78, 5) is 0. The lowest BCUT2D eigenvalue weighted by molar-refractivity contribution is 0.898. The van der Waals surface area contributed by atoms with Crippen LogP contribution in [0.2, 0.25) is 0 Å². The molecular formula is C16H23N3. The van der Waals surface area contributed by atoms with Gasteiger partial charge in [-0.2, -0.15) is 5.10 Å². The fourth-order valence-electron chi connectivity index (χ4n) is 2.72. The highest BCUT2D eigenvalue weighted by Gasteiger charge is 2.18. The topological polar surface area (TPSA) is 54.7 Å². The summed E-state index contributed by atoms with van der Waals surface area (Å²) < 4.78 is 0. The third-order valence-electron chi connectivity index (χ3n) is 4.02. The standard InChI is InChI=1S/C16H23N3/c1-9-8-10(2)12(4)15(11(9)3)16-13(5)18-19-14(16)6-7-17/h8H,6-7,17H2,1-5H3,(H,18,19). The van der Waals surface area contributed by atoms with Crippen molar-refractivity contribution in [3.8, 4) is 11.1 Å². The molecule has 0 radical (unpaired) electrons. The second-order valence-corrected chi connectivity index (χ2v) is 5.34. The molecule has 19 heavy (non-hydrogen) atoms. The summed E-state index contributed by atoms with van der Waals surface area (Å²) in [5, 5.41) is 7.53. The Hall–Kier alpha value is -1.61. The second-order valence-electron chi connectivity index (χ2n) is 5.34. The van der Waals surface area contributed by atoms with Crippen molar-refractivity contribution in [2.75, 3.05) is 6.54 Å². The molecule has 1 heterocycles. The quantitative estimate of drug-likeness (QED) is 0.887. The normalized spacial score (nSPS) is 11.1. The van der Waals surface area contributed by atoms with E-state index < -0.39 is 0 Å². The summed E-state index contributed by atoms with van der Waals surface area (Å²) in [6.07, 6.45) is 0.811. The van der Waals surface area contributed by atoms with Gasteiger partial charge in [-0.05, 0) is 69.0 Å². The summed E-state index contributed by atoms with van der Waals surface area (Å²) in [7, 11) is 0. The minimum atomic E-state index is 0.625. The molecule has 1 aromatic heterocycles. The largest absolute Gasteiger partial charge is 0.330 e. The van der Waals surface area contributed by atoms with Gasteiger partial charge in [-0.1, -0.05) is 6.07 Å². The van der Waals surface area contributed by atoms with Crippen molar-refractivity contribution >= 4 is 0 Å². The average molecular weight is 257 g/mol. The SMILES string of the molecule is Cc1cc(C)c(C)c(-c2c(CCN)n[nH]c2C)c1C. The van der Waals surface area contributed by atoms with Crippen molar-refractivity contribution < 1.29 is 0 Å². The Labute approximate surface area is 115 Å². The minimum absolute atomic E-state index is 0.625. The van der Waals surface area contributed by atoms with E-state index in [0.29, 0.717) is 6.54 Å². The van der Waals surface area contributed by atoms with Crippen LogP contribution in [-0.2, 0) is 6.42 Å². The van der Waals surface area contributed by atoms with E-state index in [1.807, 2.05) is 0 Å². The summed E-state index contributed by atoms with van der Waals surface area (Å²) >= 11 is 0. The van der Waals surface area contributed by atoms with Crippen molar-refractivity contribution in [3.05, 3.63) is 39.7 Å². The Bertz CT molecular complexity index is 583. The molecule has 0 bridgehead atoms. The highest BCUT2D eigenvalue weighted by molar-refractivity contribution is 5.76. The van der Waals surface area contributed by atoms with Gasteiger partial charge in [-0.25, -0.2) is 0 Å². The zero-order valence-electron chi connectivity index (χ0n) is 12.5. The van der Waals surface area contributed by atoms with Gasteiger partial charge < -0.3 is 5.73 Å². The number of nitrogens with zero attached hydrogens (tertiary/aromatic N) is 1. The lowest BCUT2D eigenvalue weighted by Gasteiger charge is -2.16. The first-order valence-electron chi connectivity index (χ1n) is 6.79. The van der Waals surface area contributed by atoms with E-state index >= 15 is 0 Å². The van der Waals surface area contributed by atoms with Gasteiger partial charge in [-0.3, -0.25) is 5.10 Å². The number of hydrogen-bond donors (Lipinski definition) is 2. The maximum Gasteiger partial charge on any atom is 0.0716 e. The lowest BCUT2D eigenvalue weighted by Crippen LogP contribution is -2.05. The number of aryl methyl sites for hydroxylation is 3. The molecule has 0 atom stereocenters. The highest BCUT2D eigenvalue weighted by atomic mass is 15.1. The highest BCUT2D eigenvalue weighted by Crippen LogP contribution is 2.35. The molecule has 0 spiro atoms. The maximum atomic E-state index is 5.70. The minimum Gasteiger partial charge on any atom is -0.330 e. The van der Waals surface area contributed by atoms with Crippen LogP contribution in [0, 0.1) is 34.6 Å². The predicted octanol–water partition coefficient (Wildman–Crippen LogP) is 3.12. The van der Waals surface area contributed by atoms with Gasteiger partial charge in [0.1, 0.15) is 0 Å². The van der Waals surface area contributed by atoms with Gasteiger partial charge in [0.05, 0.1) is 5.69 Å². The van der Waals surface area contributed by atoms with Crippen molar-refractivity contribution in [3.63, 3.8) is 0 Å². The number of hydrogen-bond acceptors (Lipinski definition) is 2. The number of nitrogens with two attached hydrogens (primary N) is 1. The Morgan fingerprint density at radius 1 is 1.00 bits per heavy atom. The molecule has 0 aliphatic carbocycles. The summed E-state index contributed by atoms with van der Waals surface area (Å²) in [6, 6.07) is 2.26. The van der Waals surface area contributed by atoms with E-state index in [-0.39, 0.29) is 0 Å². The second kappa shape index (κ2) is 5.17. The van der Waals surface area contributed by atoms with E-state index in [9.17, 15) is 0 Å². The van der Waals surface area contributed by atoms with E-state index in [4.69, 9.17) is 5.73 Å². The van der Waals surface area contributed by atoms with Crippen LogP contribution < -0.4 is 5.73 Å². The van der Waals surface area contributed by atoms with Gasteiger partial charge >= 0.3 is 0 Å². The van der Waals surface area contributed by atoms with Gasteiger partial charge in [0.25, 0.3) is 0 Å². The first-order valence-corrected chi connectivity index (χ1v) is 6.79. The molecule has 0 saturated heterocycles. The molecular weight excluding hydrogens is 234 g/mol. The third-order valence-corrected chi connectivity index (χ3v) is 4.02. The fraction of sp³-hybridized carbons (Fsp3) is 0.438. The number of aromatic amines is 1. The van der Waals surface area contributed by atoms with Gasteiger partial charge in [0.2, 0.25) is 0 Å². The zero-order chi connectivity index (χ0) is 14.2. The van der Waals surface area contributed by atoms with Gasteiger partial charge in [0, 0.05) is 17.7 Å². The van der Waals surface area contributed by atoms with Crippen LogP contribution in [0.3, 0.4) is 0 Å². The molecule has 0 saturated carbocycles. The van der Waals surface area contributed by atoms with Crippen molar-refractivity contribution in [1.82, 2.24) is 10.2 Å². The fourth-order valence-corrected chi connectivity index (χ4v) is 2.72. The smallest absolute Gasteiger partial charge is 0.0716 e. The van der Waals surface area contributed by atoms with Crippen LogP contribution in [0.1, 0.15) is 33.6 Å². The first kappa shape index (κ1) is 13.8. The summed E-state index contributed by atoms with van der Waals surface area (Å²) in [5.41, 5.74) is 15.8. The lowest BCUT2D eigenvalue weighted by atomic mass is 9.88. The maximum absolute atomic E-state index is 5.70. The third kappa shape index (κ3) is 2.30. The molecule has 3 N–H and O–H groups in total. The zero-order valence-corrected chi connectivity index (χ0v) is 12.5. The number of H-pyrrole nitrogens is 1. The number of aromatic nitrogens is 2. The molecule has 2 aromatic rings. The Morgan fingerprint density at radius 2 is 1.58 bits per heavy atom. The van der Waals surface area contributed by atoms with Crippen molar-refractivity contribution in [2.45, 2.75) is 41.0 Å². The van der Waals surface area contributed by atoms with Crippen molar-refractivity contribution in [1.29, 1.82) is 0 Å². The molecule has 3 nitrogen and oxygen atoms in total. The Morgan fingerprint density at radius 3 is 2.11 bits per heavy atom. The van der Waals surface area contributed by atoms with Gasteiger partial charge in [0.15, 0.2) is 0 Å². The van der Waals surface area contributed by atoms with E-state index in [0.717, 1.165) is 17.8 Å². The molecule has 102 valence electrons. The van der Waals surface area contributed by atoms with Crippen LogP contribution in [-0.4, -0.2) is 16.7 Å².